The Balaban J connectivity index is 1.33. The van der Waals surface area contributed by atoms with Crippen LogP contribution in [0, 0.1) is 0 Å². The number of hydrogen-bond donors (Lipinski definition) is 0. The second-order valence-corrected chi connectivity index (χ2v) is 10.6. The van der Waals surface area contributed by atoms with E-state index in [1.54, 1.807) is 4.90 Å². The molecule has 0 spiro atoms. The number of piperidine rings is 3. The van der Waals surface area contributed by atoms with E-state index >= 15 is 0 Å². The number of nitrogens with zero attached hydrogens (tertiary/aromatic N) is 2. The Bertz CT molecular complexity index is 992. The van der Waals surface area contributed by atoms with Crippen molar-refractivity contribution >= 4 is 5.91 Å². The van der Waals surface area contributed by atoms with Crippen LogP contribution in [-0.2, 0) is 11.6 Å². The average Bonchev–Trinajstić information content (AvgIpc) is 2.87. The molecular weight excluding hydrogens is 449 g/mol. The van der Waals surface area contributed by atoms with Gasteiger partial charge in [-0.25, -0.2) is 0 Å². The van der Waals surface area contributed by atoms with E-state index in [9.17, 15) is 18.0 Å². The molecule has 0 N–H and O–H groups in total. The minimum Gasteiger partial charge on any atom is -0.339 e. The third-order valence-electron chi connectivity index (χ3n) is 8.79. The number of amides is 1. The van der Waals surface area contributed by atoms with Gasteiger partial charge >= 0.3 is 6.18 Å². The lowest BCUT2D eigenvalue weighted by molar-refractivity contribution is -0.138. The van der Waals surface area contributed by atoms with Crippen LogP contribution in [0.4, 0.5) is 13.2 Å². The Hall–Kier alpha value is -2.34. The number of hydrogen-bond acceptors (Lipinski definition) is 2. The van der Waals surface area contributed by atoms with E-state index in [1.165, 1.54) is 62.3 Å². The molecule has 2 aromatic rings. The lowest BCUT2D eigenvalue weighted by atomic mass is 9.70. The smallest absolute Gasteiger partial charge is 0.339 e. The zero-order chi connectivity index (χ0) is 24.5. The molecule has 5 rings (SSSR count). The highest BCUT2D eigenvalue weighted by atomic mass is 19.4. The van der Waals surface area contributed by atoms with Gasteiger partial charge in [-0.3, -0.25) is 9.69 Å². The lowest BCUT2D eigenvalue weighted by Crippen LogP contribution is -2.52. The summed E-state index contributed by atoms with van der Waals surface area (Å²) in [6, 6.07) is 17.1. The van der Waals surface area contributed by atoms with Gasteiger partial charge in [0, 0.05) is 25.2 Å². The van der Waals surface area contributed by atoms with Crippen LogP contribution in [0.5, 0.6) is 0 Å². The monoisotopic (exact) mass is 484 g/mol. The highest BCUT2D eigenvalue weighted by molar-refractivity contribution is 5.96. The predicted octanol–water partition coefficient (Wildman–Crippen LogP) is 6.68. The molecule has 3 heterocycles. The van der Waals surface area contributed by atoms with Gasteiger partial charge in [0.15, 0.2) is 0 Å². The molecular formula is C29H35F3N2O. The topological polar surface area (TPSA) is 23.6 Å². The second kappa shape index (κ2) is 9.96. The summed E-state index contributed by atoms with van der Waals surface area (Å²) in [7, 11) is 0. The molecule has 35 heavy (non-hydrogen) atoms. The van der Waals surface area contributed by atoms with Crippen molar-refractivity contribution < 1.29 is 18.0 Å². The molecule has 0 saturated carbocycles. The zero-order valence-corrected chi connectivity index (χ0v) is 20.3. The third kappa shape index (κ3) is 5.00. The molecule has 2 aromatic carbocycles. The van der Waals surface area contributed by atoms with E-state index in [4.69, 9.17) is 0 Å². The Morgan fingerprint density at radius 3 is 2.03 bits per heavy atom. The van der Waals surface area contributed by atoms with Crippen molar-refractivity contribution in [2.24, 2.45) is 0 Å². The predicted molar refractivity (Wildman–Crippen MR) is 131 cm³/mol. The third-order valence-corrected chi connectivity index (χ3v) is 8.79. The van der Waals surface area contributed by atoms with E-state index in [2.05, 4.69) is 29.2 Å². The van der Waals surface area contributed by atoms with Gasteiger partial charge in [0.25, 0.3) is 5.91 Å². The first-order valence-corrected chi connectivity index (χ1v) is 13.1. The Morgan fingerprint density at radius 1 is 0.857 bits per heavy atom. The summed E-state index contributed by atoms with van der Waals surface area (Å²) in [6.07, 6.45) is 5.93. The molecule has 2 bridgehead atoms. The van der Waals surface area contributed by atoms with Gasteiger partial charge in [0.2, 0.25) is 0 Å². The first-order valence-electron chi connectivity index (χ1n) is 13.1. The van der Waals surface area contributed by atoms with Gasteiger partial charge in [-0.05, 0) is 74.6 Å². The molecule has 3 nitrogen and oxygen atoms in total. The van der Waals surface area contributed by atoms with Crippen LogP contribution >= 0.6 is 0 Å². The maximum atomic E-state index is 13.5. The average molecular weight is 485 g/mol. The van der Waals surface area contributed by atoms with E-state index in [0.717, 1.165) is 31.9 Å². The quantitative estimate of drug-likeness (QED) is 0.473. The molecule has 0 unspecified atom stereocenters. The zero-order valence-electron chi connectivity index (χ0n) is 20.3. The van der Waals surface area contributed by atoms with E-state index < -0.39 is 17.6 Å². The highest BCUT2D eigenvalue weighted by Gasteiger charge is 2.41. The summed E-state index contributed by atoms with van der Waals surface area (Å²) < 4.78 is 40.6. The molecule has 0 radical (unpaired) electrons. The number of halogens is 3. The van der Waals surface area contributed by atoms with E-state index in [-0.39, 0.29) is 11.0 Å². The molecule has 6 heteroatoms. The number of carbonyl (C=O) groups excluding carboxylic acids is 1. The van der Waals surface area contributed by atoms with Gasteiger partial charge in [-0.15, -0.1) is 0 Å². The van der Waals surface area contributed by atoms with Crippen LogP contribution in [0.25, 0.3) is 0 Å². The molecule has 0 aromatic heterocycles. The van der Waals surface area contributed by atoms with Crippen LogP contribution in [0.3, 0.4) is 0 Å². The summed E-state index contributed by atoms with van der Waals surface area (Å²) >= 11 is 0. The number of benzene rings is 2. The van der Waals surface area contributed by atoms with Gasteiger partial charge < -0.3 is 4.90 Å². The Morgan fingerprint density at radius 2 is 1.43 bits per heavy atom. The highest BCUT2D eigenvalue weighted by Crippen LogP contribution is 2.42. The molecule has 3 aliphatic rings. The fraction of sp³-hybridized carbons (Fsp3) is 0.552. The fourth-order valence-corrected chi connectivity index (χ4v) is 6.84. The van der Waals surface area contributed by atoms with Crippen molar-refractivity contribution in [3.8, 4) is 0 Å². The van der Waals surface area contributed by atoms with Crippen molar-refractivity contribution in [3.63, 3.8) is 0 Å². The number of fused-ring (bicyclic) bond motifs is 2. The summed E-state index contributed by atoms with van der Waals surface area (Å²) in [5.74, 6) is -0.509. The maximum Gasteiger partial charge on any atom is 0.417 e. The van der Waals surface area contributed by atoms with Gasteiger partial charge in [0.05, 0.1) is 11.1 Å². The summed E-state index contributed by atoms with van der Waals surface area (Å²) in [5, 5.41) is 0. The molecule has 188 valence electrons. The Kier molecular flexibility index (Phi) is 6.93. The second-order valence-electron chi connectivity index (χ2n) is 10.6. The van der Waals surface area contributed by atoms with Crippen molar-refractivity contribution in [2.75, 3.05) is 19.6 Å². The standard InChI is InChI=1S/C29H35F3N2O/c30-29(31,32)26-15-5-4-14-25(26)27(35)33-19-16-28(17-20-33,22-8-2-1-3-9-22)18-21-34-23-10-6-11-24(34)13-7-12-23/h1-5,8-9,14-15,23-24H,6-7,10-13,16-21H2. The number of rotatable bonds is 5. The van der Waals surface area contributed by atoms with Crippen molar-refractivity contribution in [2.45, 2.75) is 81.5 Å². The lowest BCUT2D eigenvalue weighted by Gasteiger charge is -2.49. The van der Waals surface area contributed by atoms with E-state index in [1.807, 2.05) is 6.07 Å². The molecule has 3 saturated heterocycles. The van der Waals surface area contributed by atoms with Gasteiger partial charge in [-0.2, -0.15) is 13.2 Å². The normalized spacial score (nSPS) is 24.8. The first kappa shape index (κ1) is 24.4. The summed E-state index contributed by atoms with van der Waals surface area (Å²) in [4.78, 5) is 17.6. The minimum absolute atomic E-state index is 0.0483. The first-order chi connectivity index (χ1) is 16.9. The van der Waals surface area contributed by atoms with Crippen molar-refractivity contribution in [3.05, 3.63) is 71.3 Å². The van der Waals surface area contributed by atoms with Gasteiger partial charge in [-0.1, -0.05) is 55.3 Å². The van der Waals surface area contributed by atoms with Gasteiger partial charge in [0.1, 0.15) is 0 Å². The molecule has 0 aliphatic carbocycles. The molecule has 1 amide bonds. The maximum absolute atomic E-state index is 13.5. The summed E-state index contributed by atoms with van der Waals surface area (Å²) in [6.45, 7) is 2.02. The SMILES string of the molecule is O=C(c1ccccc1C(F)(F)F)N1CCC(CCN2C3CCCC2CCC3)(c2ccccc2)CC1. The van der Waals surface area contributed by atoms with Crippen molar-refractivity contribution in [1.29, 1.82) is 0 Å². The Labute approximate surface area is 206 Å². The molecule has 3 fully saturated rings. The van der Waals surface area contributed by atoms with Crippen LogP contribution in [0.1, 0.15) is 79.3 Å². The van der Waals surface area contributed by atoms with Crippen LogP contribution < -0.4 is 0 Å². The largest absolute Gasteiger partial charge is 0.417 e. The van der Waals surface area contributed by atoms with Crippen LogP contribution in [0.15, 0.2) is 54.6 Å². The number of alkyl halides is 3. The van der Waals surface area contributed by atoms with Crippen molar-refractivity contribution in [1.82, 2.24) is 9.80 Å². The van der Waals surface area contributed by atoms with Crippen LogP contribution in [-0.4, -0.2) is 47.4 Å². The number of likely N-dealkylation sites (tertiary alicyclic amines) is 1. The fourth-order valence-electron chi connectivity index (χ4n) is 6.84. The number of carbonyl (C=O) groups is 1. The summed E-state index contributed by atoms with van der Waals surface area (Å²) in [5.41, 5.74) is 0.160. The minimum atomic E-state index is -4.54. The molecule has 3 aliphatic heterocycles. The van der Waals surface area contributed by atoms with E-state index in [0.29, 0.717) is 25.2 Å². The van der Waals surface area contributed by atoms with Crippen LogP contribution in [0.2, 0.25) is 0 Å². The molecule has 0 atom stereocenters.